The van der Waals surface area contributed by atoms with Crippen LogP contribution in [0.3, 0.4) is 0 Å². The molecule has 1 aromatic carbocycles. The average Bonchev–Trinajstić information content (AvgIpc) is 3.03. The summed E-state index contributed by atoms with van der Waals surface area (Å²) in [5.74, 6) is -0.121. The van der Waals surface area contributed by atoms with E-state index in [2.05, 4.69) is 16.0 Å². The average molecular weight is 347 g/mol. The molecule has 2 fully saturated rings. The van der Waals surface area contributed by atoms with Crippen LogP contribution in [0.25, 0.3) is 0 Å². The highest BCUT2D eigenvalue weighted by Crippen LogP contribution is 2.32. The zero-order valence-corrected chi connectivity index (χ0v) is 14.5. The fraction of sp³-hybridized carbons (Fsp3) is 0.556. The van der Waals surface area contributed by atoms with Gasteiger partial charge in [0, 0.05) is 43.5 Å². The van der Waals surface area contributed by atoms with E-state index in [0.29, 0.717) is 31.0 Å². The van der Waals surface area contributed by atoms with Crippen molar-refractivity contribution in [1.29, 1.82) is 0 Å². The van der Waals surface area contributed by atoms with E-state index in [1.165, 1.54) is 0 Å². The third-order valence-corrected chi connectivity index (χ3v) is 4.64. The van der Waals surface area contributed by atoms with E-state index in [0.717, 1.165) is 25.9 Å². The molecule has 1 spiro atoms. The van der Waals surface area contributed by atoms with Gasteiger partial charge in [0.2, 0.25) is 0 Å². The molecule has 0 unspecified atom stereocenters. The Kier molecular flexibility index (Phi) is 5.55. The van der Waals surface area contributed by atoms with Gasteiger partial charge in [-0.05, 0) is 44.0 Å². The first-order valence-corrected chi connectivity index (χ1v) is 8.78. The van der Waals surface area contributed by atoms with Crippen molar-refractivity contribution < 1.29 is 19.1 Å². The zero-order valence-electron chi connectivity index (χ0n) is 14.5. The van der Waals surface area contributed by atoms with Crippen LogP contribution in [0.1, 0.15) is 36.5 Å². The largest absolute Gasteiger partial charge is 0.378 e. The Balaban J connectivity index is 1.51. The monoisotopic (exact) mass is 347 g/mol. The SMILES string of the molecule is CCNC(=O)c1ccc(NC(=O)N[C@@H]2CCO[C@]3(CCOC3)C2)cc1. The van der Waals surface area contributed by atoms with Crippen LogP contribution in [0.5, 0.6) is 0 Å². The van der Waals surface area contributed by atoms with Gasteiger partial charge in [0.15, 0.2) is 0 Å². The van der Waals surface area contributed by atoms with E-state index in [-0.39, 0.29) is 23.6 Å². The Morgan fingerprint density at radius 2 is 2.04 bits per heavy atom. The Bertz CT molecular complexity index is 611. The third kappa shape index (κ3) is 4.49. The van der Waals surface area contributed by atoms with E-state index >= 15 is 0 Å². The number of rotatable bonds is 4. The summed E-state index contributed by atoms with van der Waals surface area (Å²) in [6.07, 6.45) is 2.45. The van der Waals surface area contributed by atoms with Crippen molar-refractivity contribution >= 4 is 17.6 Å². The summed E-state index contributed by atoms with van der Waals surface area (Å²) in [6.45, 7) is 4.41. The second kappa shape index (κ2) is 7.84. The highest BCUT2D eigenvalue weighted by molar-refractivity contribution is 5.95. The van der Waals surface area contributed by atoms with E-state index in [4.69, 9.17) is 9.47 Å². The lowest BCUT2D eigenvalue weighted by Crippen LogP contribution is -2.49. The normalized spacial score (nSPS) is 25.6. The number of hydrogen-bond acceptors (Lipinski definition) is 4. The molecule has 2 atom stereocenters. The number of hydrogen-bond donors (Lipinski definition) is 3. The number of carbonyl (C=O) groups excluding carboxylic acids is 2. The summed E-state index contributed by atoms with van der Waals surface area (Å²) >= 11 is 0. The maximum absolute atomic E-state index is 12.2. The molecule has 2 saturated heterocycles. The van der Waals surface area contributed by atoms with Gasteiger partial charge in [0.1, 0.15) is 0 Å². The topological polar surface area (TPSA) is 88.7 Å². The zero-order chi connectivity index (χ0) is 17.7. The Labute approximate surface area is 147 Å². The molecule has 0 radical (unpaired) electrons. The van der Waals surface area contributed by atoms with E-state index in [9.17, 15) is 9.59 Å². The number of nitrogens with one attached hydrogen (secondary N) is 3. The molecule has 7 nitrogen and oxygen atoms in total. The van der Waals surface area contributed by atoms with Crippen molar-refractivity contribution in [2.75, 3.05) is 31.7 Å². The lowest BCUT2D eigenvalue weighted by Gasteiger charge is -2.37. The molecule has 136 valence electrons. The lowest BCUT2D eigenvalue weighted by molar-refractivity contribution is -0.0877. The first-order valence-electron chi connectivity index (χ1n) is 8.78. The molecule has 3 N–H and O–H groups in total. The number of carbonyl (C=O) groups is 2. The standard InChI is InChI=1S/C18H25N3O4/c1-2-19-16(22)13-3-5-14(6-4-13)20-17(23)21-15-7-9-25-18(11-15)8-10-24-12-18/h3-6,15H,2,7-12H2,1H3,(H,19,22)(H2,20,21,23)/t15-,18-/m1/s1. The highest BCUT2D eigenvalue weighted by atomic mass is 16.6. The van der Waals surface area contributed by atoms with Crippen LogP contribution in [0.2, 0.25) is 0 Å². The summed E-state index contributed by atoms with van der Waals surface area (Å²) in [6, 6.07) is 6.66. The summed E-state index contributed by atoms with van der Waals surface area (Å²) in [7, 11) is 0. The number of ether oxygens (including phenoxy) is 2. The molecule has 3 amide bonds. The van der Waals surface area contributed by atoms with Crippen molar-refractivity contribution in [3.8, 4) is 0 Å². The van der Waals surface area contributed by atoms with Gasteiger partial charge in [-0.15, -0.1) is 0 Å². The first kappa shape index (κ1) is 17.7. The molecule has 3 rings (SSSR count). The fourth-order valence-electron chi connectivity index (χ4n) is 3.33. The molecule has 2 aliphatic heterocycles. The number of anilines is 1. The Morgan fingerprint density at radius 3 is 2.72 bits per heavy atom. The molecule has 2 heterocycles. The molecular weight excluding hydrogens is 322 g/mol. The minimum absolute atomic E-state index is 0.0741. The van der Waals surface area contributed by atoms with Gasteiger partial charge < -0.3 is 25.4 Å². The van der Waals surface area contributed by atoms with E-state index < -0.39 is 0 Å². The second-order valence-electron chi connectivity index (χ2n) is 6.56. The maximum atomic E-state index is 12.2. The summed E-state index contributed by atoms with van der Waals surface area (Å²) in [4.78, 5) is 24.0. The molecular formula is C18H25N3O4. The summed E-state index contributed by atoms with van der Waals surface area (Å²) in [5.41, 5.74) is 0.988. The molecule has 0 saturated carbocycles. The Hall–Kier alpha value is -2.12. The van der Waals surface area contributed by atoms with Crippen LogP contribution in [0.15, 0.2) is 24.3 Å². The van der Waals surface area contributed by atoms with Gasteiger partial charge in [-0.3, -0.25) is 4.79 Å². The van der Waals surface area contributed by atoms with Crippen LogP contribution in [0.4, 0.5) is 10.5 Å². The van der Waals surface area contributed by atoms with Crippen LogP contribution < -0.4 is 16.0 Å². The van der Waals surface area contributed by atoms with Crippen molar-refractivity contribution in [3.05, 3.63) is 29.8 Å². The summed E-state index contributed by atoms with van der Waals surface area (Å²) in [5, 5.41) is 8.56. The van der Waals surface area contributed by atoms with E-state index in [1.807, 2.05) is 6.92 Å². The van der Waals surface area contributed by atoms with Crippen LogP contribution in [-0.4, -0.2) is 49.9 Å². The fourth-order valence-corrected chi connectivity index (χ4v) is 3.33. The van der Waals surface area contributed by atoms with Crippen LogP contribution in [0, 0.1) is 0 Å². The minimum atomic E-state index is -0.244. The number of amides is 3. The Morgan fingerprint density at radius 1 is 1.24 bits per heavy atom. The van der Waals surface area contributed by atoms with Gasteiger partial charge >= 0.3 is 6.03 Å². The first-order chi connectivity index (χ1) is 12.1. The quantitative estimate of drug-likeness (QED) is 0.776. The molecule has 7 heteroatoms. The molecule has 0 aliphatic carbocycles. The van der Waals surface area contributed by atoms with Gasteiger partial charge in [0.05, 0.1) is 12.2 Å². The molecule has 0 aromatic heterocycles. The highest BCUT2D eigenvalue weighted by Gasteiger charge is 2.41. The van der Waals surface area contributed by atoms with Crippen LogP contribution in [-0.2, 0) is 9.47 Å². The predicted octanol–water partition coefficient (Wildman–Crippen LogP) is 1.90. The second-order valence-corrected chi connectivity index (χ2v) is 6.56. The van der Waals surface area contributed by atoms with Crippen molar-refractivity contribution in [3.63, 3.8) is 0 Å². The maximum Gasteiger partial charge on any atom is 0.319 e. The lowest BCUT2D eigenvalue weighted by atomic mass is 9.90. The molecule has 2 aliphatic rings. The van der Waals surface area contributed by atoms with Crippen molar-refractivity contribution in [2.24, 2.45) is 0 Å². The molecule has 0 bridgehead atoms. The van der Waals surface area contributed by atoms with Crippen LogP contribution >= 0.6 is 0 Å². The van der Waals surface area contributed by atoms with Gasteiger partial charge in [0.25, 0.3) is 5.91 Å². The van der Waals surface area contributed by atoms with Gasteiger partial charge in [-0.25, -0.2) is 4.79 Å². The number of benzene rings is 1. The van der Waals surface area contributed by atoms with Crippen molar-refractivity contribution in [2.45, 2.75) is 37.8 Å². The molecule has 25 heavy (non-hydrogen) atoms. The van der Waals surface area contributed by atoms with Gasteiger partial charge in [-0.1, -0.05) is 0 Å². The predicted molar refractivity (Wildman–Crippen MR) is 93.7 cm³/mol. The third-order valence-electron chi connectivity index (χ3n) is 4.64. The van der Waals surface area contributed by atoms with E-state index in [1.54, 1.807) is 24.3 Å². The van der Waals surface area contributed by atoms with Gasteiger partial charge in [-0.2, -0.15) is 0 Å². The van der Waals surface area contributed by atoms with Crippen molar-refractivity contribution in [1.82, 2.24) is 10.6 Å². The minimum Gasteiger partial charge on any atom is -0.378 e. The number of urea groups is 1. The summed E-state index contributed by atoms with van der Waals surface area (Å²) < 4.78 is 11.3. The molecule has 1 aromatic rings. The smallest absolute Gasteiger partial charge is 0.319 e.